The van der Waals surface area contributed by atoms with Crippen LogP contribution in [0.2, 0.25) is 0 Å². The minimum atomic E-state index is -4.51. The third kappa shape index (κ3) is 6.53. The maximum Gasteiger partial charge on any atom is 0.394 e. The SMILES string of the molecule is Cc1ccc(S(=O)(=O)OCC[C@@H](COC2CCCCO2)C(F)(F)F)cc1. The summed E-state index contributed by atoms with van der Waals surface area (Å²) in [6.07, 6.45) is -3.38. The van der Waals surface area contributed by atoms with Crippen LogP contribution < -0.4 is 0 Å². The van der Waals surface area contributed by atoms with Crippen LogP contribution in [0.1, 0.15) is 31.2 Å². The quantitative estimate of drug-likeness (QED) is 0.626. The van der Waals surface area contributed by atoms with E-state index in [9.17, 15) is 21.6 Å². The van der Waals surface area contributed by atoms with Crippen molar-refractivity contribution in [3.05, 3.63) is 29.8 Å². The third-order valence-corrected chi connectivity index (χ3v) is 5.43. The zero-order valence-corrected chi connectivity index (χ0v) is 15.3. The highest BCUT2D eigenvalue weighted by atomic mass is 32.2. The van der Waals surface area contributed by atoms with Gasteiger partial charge in [-0.3, -0.25) is 4.18 Å². The first-order valence-electron chi connectivity index (χ1n) is 8.44. The van der Waals surface area contributed by atoms with Crippen LogP contribution in [-0.2, 0) is 23.8 Å². The molecule has 1 aromatic carbocycles. The Bertz CT molecular complexity index is 652. The molecule has 1 aliphatic rings. The molecule has 1 aromatic rings. The first-order chi connectivity index (χ1) is 12.2. The van der Waals surface area contributed by atoms with Gasteiger partial charge in [-0.05, 0) is 44.7 Å². The Morgan fingerprint density at radius 2 is 1.92 bits per heavy atom. The summed E-state index contributed by atoms with van der Waals surface area (Å²) in [6.45, 7) is 1.11. The molecule has 0 radical (unpaired) electrons. The van der Waals surface area contributed by atoms with E-state index in [1.54, 1.807) is 19.1 Å². The van der Waals surface area contributed by atoms with E-state index in [1.165, 1.54) is 12.1 Å². The Kier molecular flexibility index (Phi) is 7.45. The van der Waals surface area contributed by atoms with E-state index in [0.717, 1.165) is 18.4 Å². The number of hydrogen-bond donors (Lipinski definition) is 0. The van der Waals surface area contributed by atoms with Crippen molar-refractivity contribution in [3.8, 4) is 0 Å². The highest BCUT2D eigenvalue weighted by molar-refractivity contribution is 7.86. The van der Waals surface area contributed by atoms with Crippen molar-refractivity contribution in [1.29, 1.82) is 0 Å². The molecule has 148 valence electrons. The van der Waals surface area contributed by atoms with Crippen LogP contribution >= 0.6 is 0 Å². The summed E-state index contributed by atoms with van der Waals surface area (Å²) in [5, 5.41) is 0. The lowest BCUT2D eigenvalue weighted by Crippen LogP contribution is -2.32. The van der Waals surface area contributed by atoms with Gasteiger partial charge in [0.2, 0.25) is 0 Å². The van der Waals surface area contributed by atoms with Gasteiger partial charge in [0.1, 0.15) is 0 Å². The van der Waals surface area contributed by atoms with E-state index in [4.69, 9.17) is 13.7 Å². The predicted octanol–water partition coefficient (Wildman–Crippen LogP) is 3.81. The lowest BCUT2D eigenvalue weighted by atomic mass is 10.1. The average molecular weight is 396 g/mol. The van der Waals surface area contributed by atoms with E-state index in [1.807, 2.05) is 0 Å². The number of aryl methyl sites for hydroxylation is 1. The molecular formula is C17H23F3O5S. The van der Waals surface area contributed by atoms with Gasteiger partial charge in [0.05, 0.1) is 24.0 Å². The monoisotopic (exact) mass is 396 g/mol. The predicted molar refractivity (Wildman–Crippen MR) is 88.0 cm³/mol. The second kappa shape index (κ2) is 9.16. The third-order valence-electron chi connectivity index (χ3n) is 4.10. The van der Waals surface area contributed by atoms with Crippen LogP contribution in [0.5, 0.6) is 0 Å². The maximum absolute atomic E-state index is 13.1. The van der Waals surface area contributed by atoms with Crippen LogP contribution in [0, 0.1) is 12.8 Å². The Morgan fingerprint density at radius 1 is 1.23 bits per heavy atom. The smallest absolute Gasteiger partial charge is 0.353 e. The molecule has 0 saturated carbocycles. The summed E-state index contributed by atoms with van der Waals surface area (Å²) in [5.41, 5.74) is 0.864. The van der Waals surface area contributed by atoms with Crippen LogP contribution in [0.15, 0.2) is 29.2 Å². The van der Waals surface area contributed by atoms with Crippen molar-refractivity contribution in [1.82, 2.24) is 0 Å². The minimum Gasteiger partial charge on any atom is -0.353 e. The topological polar surface area (TPSA) is 61.8 Å². The molecule has 1 fully saturated rings. The van der Waals surface area contributed by atoms with Crippen molar-refractivity contribution >= 4 is 10.1 Å². The molecule has 0 N–H and O–H groups in total. The molecule has 1 heterocycles. The molecule has 1 unspecified atom stereocenters. The van der Waals surface area contributed by atoms with Crippen LogP contribution in [0.3, 0.4) is 0 Å². The summed E-state index contributed by atoms with van der Waals surface area (Å²) >= 11 is 0. The molecule has 1 saturated heterocycles. The van der Waals surface area contributed by atoms with Crippen LogP contribution in [0.4, 0.5) is 13.2 Å². The highest BCUT2D eigenvalue weighted by Crippen LogP contribution is 2.30. The molecule has 5 nitrogen and oxygen atoms in total. The average Bonchev–Trinajstić information content (AvgIpc) is 2.58. The van der Waals surface area contributed by atoms with Gasteiger partial charge in [0.15, 0.2) is 6.29 Å². The Hall–Kier alpha value is -1.16. The number of ether oxygens (including phenoxy) is 2. The Balaban J connectivity index is 1.87. The molecule has 2 atom stereocenters. The van der Waals surface area contributed by atoms with Gasteiger partial charge in [-0.2, -0.15) is 21.6 Å². The lowest BCUT2D eigenvalue weighted by molar-refractivity contribution is -0.223. The zero-order chi connectivity index (χ0) is 19.2. The summed E-state index contributed by atoms with van der Waals surface area (Å²) < 4.78 is 78.7. The molecule has 0 amide bonds. The standard InChI is InChI=1S/C17H23F3O5S/c1-13-5-7-15(8-6-13)26(21,22)25-11-9-14(17(18,19)20)12-24-16-4-2-3-10-23-16/h5-8,14,16H,2-4,9-12H2,1H3/t14-,16?/m0/s1. The Morgan fingerprint density at radius 3 is 2.50 bits per heavy atom. The van der Waals surface area contributed by atoms with Crippen LogP contribution in [-0.4, -0.2) is 40.7 Å². The molecule has 26 heavy (non-hydrogen) atoms. The van der Waals surface area contributed by atoms with Crippen molar-refractivity contribution in [2.24, 2.45) is 5.92 Å². The van der Waals surface area contributed by atoms with E-state index in [0.29, 0.717) is 13.0 Å². The van der Waals surface area contributed by atoms with Gasteiger partial charge in [-0.25, -0.2) is 0 Å². The van der Waals surface area contributed by atoms with E-state index in [-0.39, 0.29) is 4.90 Å². The van der Waals surface area contributed by atoms with E-state index >= 15 is 0 Å². The number of alkyl halides is 3. The number of rotatable bonds is 8. The van der Waals surface area contributed by atoms with E-state index < -0.39 is 48.1 Å². The first-order valence-corrected chi connectivity index (χ1v) is 9.85. The second-order valence-electron chi connectivity index (χ2n) is 6.25. The first kappa shape index (κ1) is 21.1. The van der Waals surface area contributed by atoms with Gasteiger partial charge in [0, 0.05) is 6.61 Å². The maximum atomic E-state index is 13.1. The molecule has 9 heteroatoms. The van der Waals surface area contributed by atoms with Crippen LogP contribution in [0.25, 0.3) is 0 Å². The molecular weight excluding hydrogens is 373 g/mol. The summed E-state index contributed by atoms with van der Waals surface area (Å²) in [7, 11) is -4.09. The minimum absolute atomic E-state index is 0.0847. The molecule has 0 aliphatic carbocycles. The highest BCUT2D eigenvalue weighted by Gasteiger charge is 2.40. The number of hydrogen-bond acceptors (Lipinski definition) is 5. The summed E-state index contributed by atoms with van der Waals surface area (Å²) in [5.74, 6) is -1.82. The van der Waals surface area contributed by atoms with Gasteiger partial charge in [-0.15, -0.1) is 0 Å². The van der Waals surface area contributed by atoms with Crippen molar-refractivity contribution in [2.45, 2.75) is 50.0 Å². The van der Waals surface area contributed by atoms with Crippen molar-refractivity contribution in [3.63, 3.8) is 0 Å². The van der Waals surface area contributed by atoms with Gasteiger partial charge in [-0.1, -0.05) is 17.7 Å². The molecule has 0 aromatic heterocycles. The number of halogens is 3. The molecule has 0 bridgehead atoms. The van der Waals surface area contributed by atoms with Gasteiger partial charge >= 0.3 is 6.18 Å². The lowest BCUT2D eigenvalue weighted by Gasteiger charge is -2.26. The number of benzene rings is 1. The fraction of sp³-hybridized carbons (Fsp3) is 0.647. The largest absolute Gasteiger partial charge is 0.394 e. The fourth-order valence-corrected chi connectivity index (χ4v) is 3.40. The Labute approximate surface area is 151 Å². The van der Waals surface area contributed by atoms with Gasteiger partial charge < -0.3 is 9.47 Å². The summed E-state index contributed by atoms with van der Waals surface area (Å²) in [6, 6.07) is 5.89. The molecule has 0 spiro atoms. The van der Waals surface area contributed by atoms with Gasteiger partial charge in [0.25, 0.3) is 10.1 Å². The van der Waals surface area contributed by atoms with Crippen molar-refractivity contribution in [2.75, 3.05) is 19.8 Å². The second-order valence-corrected chi connectivity index (χ2v) is 7.86. The van der Waals surface area contributed by atoms with Crippen molar-refractivity contribution < 1.29 is 35.2 Å². The zero-order valence-electron chi connectivity index (χ0n) is 14.5. The molecule has 2 rings (SSSR count). The summed E-state index contributed by atoms with van der Waals surface area (Å²) in [4.78, 5) is -0.0847. The fourth-order valence-electron chi connectivity index (χ4n) is 2.48. The van der Waals surface area contributed by atoms with E-state index in [2.05, 4.69) is 0 Å². The normalized spacial score (nSPS) is 20.1. The molecule has 1 aliphatic heterocycles.